The summed E-state index contributed by atoms with van der Waals surface area (Å²) in [5.41, 5.74) is 17.5. The molecule has 0 atom stereocenters. The topological polar surface area (TPSA) is 35.0 Å². The van der Waals surface area contributed by atoms with E-state index in [0.29, 0.717) is 17.2 Å². The molecule has 3 heteroatoms. The lowest BCUT2D eigenvalue weighted by molar-refractivity contribution is 0.326. The molecule has 7 aromatic rings. The summed E-state index contributed by atoms with van der Waals surface area (Å²) in [6, 6.07) is 52.4. The molecule has 0 unspecified atom stereocenters. The summed E-state index contributed by atoms with van der Waals surface area (Å²) >= 11 is 0. The molecule has 2 aromatic heterocycles. The van der Waals surface area contributed by atoms with E-state index >= 15 is 0 Å². The van der Waals surface area contributed by atoms with Crippen LogP contribution in [0.15, 0.2) is 146 Å². The molecular weight excluding hydrogens is 681 g/mol. The Hall–Kier alpha value is -5.80. The highest BCUT2D eigenvalue weighted by atomic mass is 16.5. The van der Waals surface area contributed by atoms with Gasteiger partial charge in [0.2, 0.25) is 11.8 Å². The van der Waals surface area contributed by atoms with Crippen LogP contribution in [-0.2, 0) is 36.5 Å². The smallest absolute Gasteiger partial charge is 0.222 e. The third kappa shape index (κ3) is 7.07. The van der Waals surface area contributed by atoms with Gasteiger partial charge in [-0.25, -0.2) is 9.97 Å². The Morgan fingerprint density at radius 3 is 1.79 bits per heavy atom. The molecule has 0 saturated heterocycles. The number of ether oxygens (including phenoxy) is 1. The number of benzene rings is 5. The maximum Gasteiger partial charge on any atom is 0.222 e. The number of aromatic nitrogens is 2. The van der Waals surface area contributed by atoms with Crippen molar-refractivity contribution in [1.82, 2.24) is 9.97 Å². The first-order valence-corrected chi connectivity index (χ1v) is 20.1. The highest BCUT2D eigenvalue weighted by Crippen LogP contribution is 2.48. The number of hydrogen-bond acceptors (Lipinski definition) is 3. The third-order valence-electron chi connectivity index (χ3n) is 11.9. The fraction of sp³-hybridized carbons (Fsp3) is 0.245. The van der Waals surface area contributed by atoms with Crippen LogP contribution >= 0.6 is 0 Å². The molecule has 0 saturated carbocycles. The van der Waals surface area contributed by atoms with E-state index in [1.165, 1.54) is 69.3 Å². The Balaban J connectivity index is 1.02. The number of nitrogens with zero attached hydrogens (tertiary/aromatic N) is 2. The van der Waals surface area contributed by atoms with Crippen molar-refractivity contribution in [1.29, 1.82) is 0 Å². The van der Waals surface area contributed by atoms with Crippen LogP contribution in [0.25, 0.3) is 44.8 Å². The minimum atomic E-state index is -0.0667. The standard InChI is InChI=1S/C53H50N2O/c1-51(2,3)44-24-25-45(46(30-44)52(4,5)6)42-28-48(35-14-8-7-9-15-35)55-50(29-42)56-49-21-13-20-47(54-49)38-19-12-18-36(26-38)37-22-23-41-33-53(34-43(41)27-37)31-39-16-10-11-17-40(39)32-53/h7-30H,31-34H2,1-6H3. The van der Waals surface area contributed by atoms with E-state index in [9.17, 15) is 0 Å². The van der Waals surface area contributed by atoms with Crippen LogP contribution in [0.2, 0.25) is 0 Å². The van der Waals surface area contributed by atoms with Gasteiger partial charge in [-0.3, -0.25) is 0 Å². The van der Waals surface area contributed by atoms with Crippen LogP contribution in [-0.4, -0.2) is 9.97 Å². The van der Waals surface area contributed by atoms with E-state index < -0.39 is 0 Å². The molecule has 1 spiro atoms. The summed E-state index contributed by atoms with van der Waals surface area (Å²) in [5, 5.41) is 0. The van der Waals surface area contributed by atoms with Gasteiger partial charge in [-0.05, 0) is 116 Å². The molecular formula is C53H50N2O. The lowest BCUT2D eigenvalue weighted by Crippen LogP contribution is -2.21. The van der Waals surface area contributed by atoms with Crippen molar-refractivity contribution >= 4 is 0 Å². The highest BCUT2D eigenvalue weighted by molar-refractivity contribution is 5.76. The van der Waals surface area contributed by atoms with Crippen LogP contribution in [0.3, 0.4) is 0 Å². The molecule has 2 aliphatic carbocycles. The van der Waals surface area contributed by atoms with Gasteiger partial charge in [0.25, 0.3) is 0 Å². The van der Waals surface area contributed by atoms with Crippen LogP contribution in [0.4, 0.5) is 0 Å². The normalized spacial score (nSPS) is 14.5. The Morgan fingerprint density at radius 2 is 1.05 bits per heavy atom. The summed E-state index contributed by atoms with van der Waals surface area (Å²) < 4.78 is 6.58. The van der Waals surface area contributed by atoms with Crippen LogP contribution in [0.1, 0.15) is 74.9 Å². The zero-order chi connectivity index (χ0) is 38.7. The average Bonchev–Trinajstić information content (AvgIpc) is 3.74. The summed E-state index contributed by atoms with van der Waals surface area (Å²) in [6.07, 6.45) is 4.68. The minimum absolute atomic E-state index is 0.0455. The van der Waals surface area contributed by atoms with Crippen molar-refractivity contribution in [2.75, 3.05) is 0 Å². The Morgan fingerprint density at radius 1 is 0.429 bits per heavy atom. The van der Waals surface area contributed by atoms with Gasteiger partial charge in [0.1, 0.15) is 0 Å². The monoisotopic (exact) mass is 730 g/mol. The Kier molecular flexibility index (Phi) is 8.80. The van der Waals surface area contributed by atoms with Gasteiger partial charge in [0.05, 0.1) is 11.4 Å². The van der Waals surface area contributed by atoms with Gasteiger partial charge in [-0.2, -0.15) is 0 Å². The van der Waals surface area contributed by atoms with Gasteiger partial charge < -0.3 is 4.74 Å². The van der Waals surface area contributed by atoms with E-state index in [2.05, 4.69) is 169 Å². The second-order valence-corrected chi connectivity index (χ2v) is 18.2. The van der Waals surface area contributed by atoms with Crippen molar-refractivity contribution in [3.63, 3.8) is 0 Å². The fourth-order valence-corrected chi connectivity index (χ4v) is 8.99. The molecule has 56 heavy (non-hydrogen) atoms. The number of fused-ring (bicyclic) bond motifs is 2. The highest BCUT2D eigenvalue weighted by Gasteiger charge is 2.42. The zero-order valence-corrected chi connectivity index (χ0v) is 33.5. The number of pyridine rings is 2. The molecule has 0 amide bonds. The molecule has 0 bridgehead atoms. The number of hydrogen-bond donors (Lipinski definition) is 0. The average molecular weight is 731 g/mol. The van der Waals surface area contributed by atoms with Gasteiger partial charge in [-0.1, -0.05) is 157 Å². The maximum atomic E-state index is 6.58. The lowest BCUT2D eigenvalue weighted by Gasteiger charge is -2.28. The van der Waals surface area contributed by atoms with E-state index in [1.54, 1.807) is 0 Å². The molecule has 2 heterocycles. The molecule has 0 aliphatic heterocycles. The first-order chi connectivity index (χ1) is 26.9. The van der Waals surface area contributed by atoms with Crippen molar-refractivity contribution in [2.45, 2.75) is 78.1 Å². The van der Waals surface area contributed by atoms with Gasteiger partial charge in [-0.15, -0.1) is 0 Å². The molecule has 2 aliphatic rings. The molecule has 9 rings (SSSR count). The maximum absolute atomic E-state index is 6.58. The molecule has 278 valence electrons. The lowest BCUT2D eigenvalue weighted by atomic mass is 9.77. The van der Waals surface area contributed by atoms with Crippen LogP contribution < -0.4 is 4.74 Å². The second-order valence-electron chi connectivity index (χ2n) is 18.2. The number of rotatable bonds is 6. The predicted molar refractivity (Wildman–Crippen MR) is 231 cm³/mol. The molecule has 0 N–H and O–H groups in total. The summed E-state index contributed by atoms with van der Waals surface area (Å²) in [5.74, 6) is 1.02. The predicted octanol–water partition coefficient (Wildman–Crippen LogP) is 13.4. The van der Waals surface area contributed by atoms with Gasteiger partial charge >= 0.3 is 0 Å². The van der Waals surface area contributed by atoms with Gasteiger partial charge in [0, 0.05) is 23.3 Å². The van der Waals surface area contributed by atoms with E-state index in [-0.39, 0.29) is 10.8 Å². The molecule has 0 fully saturated rings. The Bertz CT molecular complexity index is 2560. The van der Waals surface area contributed by atoms with Crippen LogP contribution in [0, 0.1) is 5.41 Å². The summed E-state index contributed by atoms with van der Waals surface area (Å²) in [4.78, 5) is 10.1. The molecule has 3 nitrogen and oxygen atoms in total. The van der Waals surface area contributed by atoms with Gasteiger partial charge in [0.15, 0.2) is 0 Å². The second kappa shape index (κ2) is 13.7. The SMILES string of the molecule is CC(C)(C)c1ccc(-c2cc(Oc3cccc(-c4cccc(-c5ccc6c(c5)CC5(Cc7ccccc7C5)C6)c4)n3)nc(-c3ccccc3)c2)c(C(C)(C)C)c1. The fourth-order valence-electron chi connectivity index (χ4n) is 8.99. The zero-order valence-electron chi connectivity index (χ0n) is 33.5. The molecule has 0 radical (unpaired) electrons. The van der Waals surface area contributed by atoms with E-state index in [4.69, 9.17) is 14.7 Å². The third-order valence-corrected chi connectivity index (χ3v) is 11.9. The largest absolute Gasteiger partial charge is 0.421 e. The molecule has 5 aromatic carbocycles. The van der Waals surface area contributed by atoms with Crippen molar-refractivity contribution in [3.8, 4) is 56.5 Å². The quantitative estimate of drug-likeness (QED) is 0.171. The van der Waals surface area contributed by atoms with Crippen molar-refractivity contribution in [2.24, 2.45) is 5.41 Å². The first kappa shape index (κ1) is 35.9. The summed E-state index contributed by atoms with van der Waals surface area (Å²) in [7, 11) is 0. The first-order valence-electron chi connectivity index (χ1n) is 20.1. The van der Waals surface area contributed by atoms with Crippen molar-refractivity contribution < 1.29 is 4.74 Å². The minimum Gasteiger partial charge on any atom is -0.421 e. The van der Waals surface area contributed by atoms with E-state index in [0.717, 1.165) is 34.5 Å². The van der Waals surface area contributed by atoms with Crippen LogP contribution in [0.5, 0.6) is 11.8 Å². The van der Waals surface area contributed by atoms with E-state index in [1.807, 2.05) is 18.2 Å². The Labute approximate surface area is 332 Å². The summed E-state index contributed by atoms with van der Waals surface area (Å²) in [6.45, 7) is 13.7. The van der Waals surface area contributed by atoms with Crippen molar-refractivity contribution in [3.05, 3.63) is 179 Å².